The Morgan fingerprint density at radius 1 is 0.346 bits per heavy atom. The summed E-state index contributed by atoms with van der Waals surface area (Å²) in [5, 5.41) is 8.53. The summed E-state index contributed by atoms with van der Waals surface area (Å²) in [7, 11) is 0. The highest BCUT2D eigenvalue weighted by Crippen LogP contribution is 2.43. The first-order chi connectivity index (χ1) is 25.8. The molecule has 11 rings (SSSR count). The Balaban J connectivity index is 1.13. The zero-order chi connectivity index (χ0) is 34.2. The van der Waals surface area contributed by atoms with E-state index in [1.165, 1.54) is 60.1 Å². The number of nitrogens with zero attached hydrogens (tertiary/aromatic N) is 4. The van der Waals surface area contributed by atoms with Gasteiger partial charge in [-0.25, -0.2) is 9.97 Å². The van der Waals surface area contributed by atoms with Crippen molar-refractivity contribution in [2.24, 2.45) is 0 Å². The van der Waals surface area contributed by atoms with Crippen molar-refractivity contribution in [3.8, 4) is 34.0 Å². The van der Waals surface area contributed by atoms with Crippen LogP contribution in [0.5, 0.6) is 0 Å². The third-order valence-electron chi connectivity index (χ3n) is 10.5. The Kier molecular flexibility index (Phi) is 6.22. The summed E-state index contributed by atoms with van der Waals surface area (Å²) in [5.41, 5.74) is 11.0. The van der Waals surface area contributed by atoms with E-state index in [2.05, 4.69) is 173 Å². The Labute approximate surface area is 299 Å². The number of hydrogen-bond acceptors (Lipinski definition) is 2. The summed E-state index contributed by atoms with van der Waals surface area (Å²) in [6, 6.07) is 64.8. The van der Waals surface area contributed by atoms with E-state index in [9.17, 15) is 0 Å². The number of fused-ring (bicyclic) bond motifs is 9. The van der Waals surface area contributed by atoms with E-state index in [1.54, 1.807) is 0 Å². The topological polar surface area (TPSA) is 35.6 Å². The third kappa shape index (κ3) is 4.21. The summed E-state index contributed by atoms with van der Waals surface area (Å²) >= 11 is 0. The van der Waals surface area contributed by atoms with Gasteiger partial charge >= 0.3 is 0 Å². The van der Waals surface area contributed by atoms with Crippen molar-refractivity contribution in [3.63, 3.8) is 0 Å². The maximum atomic E-state index is 5.12. The van der Waals surface area contributed by atoms with Crippen LogP contribution >= 0.6 is 0 Å². The molecule has 0 amide bonds. The van der Waals surface area contributed by atoms with Gasteiger partial charge < -0.3 is 9.13 Å². The molecule has 3 heterocycles. The number of aromatic nitrogens is 4. The molecular formula is C48H30N4. The summed E-state index contributed by atoms with van der Waals surface area (Å²) in [5.74, 6) is 0.717. The molecule has 3 aromatic heterocycles. The van der Waals surface area contributed by atoms with Crippen molar-refractivity contribution < 1.29 is 0 Å². The van der Waals surface area contributed by atoms with E-state index in [0.717, 1.165) is 33.4 Å². The molecule has 0 aliphatic rings. The van der Waals surface area contributed by atoms with Gasteiger partial charge in [0.25, 0.3) is 0 Å². The minimum Gasteiger partial charge on any atom is -0.309 e. The quantitative estimate of drug-likeness (QED) is 0.188. The number of rotatable bonds is 4. The Hall–Kier alpha value is -7.04. The molecule has 0 aliphatic carbocycles. The fraction of sp³-hybridized carbons (Fsp3) is 0. The molecule has 0 unspecified atom stereocenters. The van der Waals surface area contributed by atoms with Crippen molar-refractivity contribution in [3.05, 3.63) is 182 Å². The van der Waals surface area contributed by atoms with Crippen molar-refractivity contribution in [1.82, 2.24) is 19.1 Å². The average molecular weight is 663 g/mol. The maximum Gasteiger partial charge on any atom is 0.160 e. The van der Waals surface area contributed by atoms with E-state index >= 15 is 0 Å². The van der Waals surface area contributed by atoms with E-state index in [1.807, 2.05) is 18.2 Å². The predicted octanol–water partition coefficient (Wildman–Crippen LogP) is 12.3. The fourth-order valence-electron chi connectivity index (χ4n) is 8.24. The van der Waals surface area contributed by atoms with Crippen LogP contribution in [0.1, 0.15) is 0 Å². The van der Waals surface area contributed by atoms with Gasteiger partial charge in [0, 0.05) is 49.1 Å². The molecule has 0 aliphatic heterocycles. The average Bonchev–Trinajstić information content (AvgIpc) is 3.73. The molecule has 0 saturated carbocycles. The van der Waals surface area contributed by atoms with Crippen molar-refractivity contribution in [2.75, 3.05) is 0 Å². The van der Waals surface area contributed by atoms with Crippen LogP contribution in [-0.4, -0.2) is 19.1 Å². The van der Waals surface area contributed by atoms with Crippen LogP contribution in [0, 0.1) is 0 Å². The SMILES string of the molecule is c1ccc(-c2nc(-c3ccc(-n4c5ccccc5c5c6c7ccccc7n(-c7cccc8ccccc78)c6ccc54)cc3)nc3ccccc23)cc1. The number of hydrogen-bond donors (Lipinski definition) is 0. The second-order valence-electron chi connectivity index (χ2n) is 13.4. The first-order valence-corrected chi connectivity index (χ1v) is 17.7. The largest absolute Gasteiger partial charge is 0.309 e. The summed E-state index contributed by atoms with van der Waals surface area (Å²) in [6.45, 7) is 0. The van der Waals surface area contributed by atoms with Crippen LogP contribution in [0.4, 0.5) is 0 Å². The smallest absolute Gasteiger partial charge is 0.160 e. The first kappa shape index (κ1) is 28.8. The van der Waals surface area contributed by atoms with E-state index in [4.69, 9.17) is 9.97 Å². The van der Waals surface area contributed by atoms with Gasteiger partial charge in [0.1, 0.15) is 0 Å². The van der Waals surface area contributed by atoms with Crippen LogP contribution < -0.4 is 0 Å². The van der Waals surface area contributed by atoms with E-state index in [-0.39, 0.29) is 0 Å². The van der Waals surface area contributed by atoms with Crippen LogP contribution in [0.25, 0.3) is 99.3 Å². The zero-order valence-electron chi connectivity index (χ0n) is 28.1. The van der Waals surface area contributed by atoms with Crippen LogP contribution in [0.2, 0.25) is 0 Å². The van der Waals surface area contributed by atoms with Gasteiger partial charge in [-0.15, -0.1) is 0 Å². The molecule has 0 N–H and O–H groups in total. The summed E-state index contributed by atoms with van der Waals surface area (Å²) in [6.07, 6.45) is 0. The summed E-state index contributed by atoms with van der Waals surface area (Å²) < 4.78 is 4.84. The second-order valence-corrected chi connectivity index (χ2v) is 13.4. The minimum atomic E-state index is 0.717. The molecule has 52 heavy (non-hydrogen) atoms. The van der Waals surface area contributed by atoms with Gasteiger partial charge in [0.2, 0.25) is 0 Å². The molecule has 0 atom stereocenters. The molecule has 0 bridgehead atoms. The zero-order valence-corrected chi connectivity index (χ0v) is 28.1. The lowest BCUT2D eigenvalue weighted by molar-refractivity contribution is 1.17. The highest BCUT2D eigenvalue weighted by Gasteiger charge is 2.21. The molecule has 0 spiro atoms. The Morgan fingerprint density at radius 2 is 0.923 bits per heavy atom. The number of benzene rings is 8. The van der Waals surface area contributed by atoms with Crippen molar-refractivity contribution >= 4 is 65.3 Å². The van der Waals surface area contributed by atoms with Crippen LogP contribution in [-0.2, 0) is 0 Å². The highest BCUT2D eigenvalue weighted by atomic mass is 15.0. The van der Waals surface area contributed by atoms with Gasteiger partial charge in [-0.1, -0.05) is 121 Å². The lowest BCUT2D eigenvalue weighted by atomic mass is 10.1. The number of para-hydroxylation sites is 3. The fourth-order valence-corrected chi connectivity index (χ4v) is 8.24. The standard InChI is InChI=1S/C48H30N4/c1-2-14-32(15-3-1)47-36-18-6-9-21-39(36)49-48(50-47)33-25-27-34(28-26-33)51-41-22-10-7-19-37(41)45-43(51)29-30-44-46(45)38-20-8-11-23-42(38)52(44)40-24-12-16-31-13-4-5-17-35(31)40/h1-30H. The molecule has 242 valence electrons. The van der Waals surface area contributed by atoms with Gasteiger partial charge in [-0.2, -0.15) is 0 Å². The molecule has 8 aromatic carbocycles. The van der Waals surface area contributed by atoms with Crippen molar-refractivity contribution in [2.45, 2.75) is 0 Å². The molecule has 11 aromatic rings. The highest BCUT2D eigenvalue weighted by molar-refractivity contribution is 6.29. The van der Waals surface area contributed by atoms with Gasteiger partial charge in [-0.05, 0) is 66.0 Å². The summed E-state index contributed by atoms with van der Waals surface area (Å²) in [4.78, 5) is 10.1. The third-order valence-corrected chi connectivity index (χ3v) is 10.5. The van der Waals surface area contributed by atoms with Gasteiger partial charge in [0.05, 0.1) is 39.0 Å². The lowest BCUT2D eigenvalue weighted by Gasteiger charge is -2.12. The van der Waals surface area contributed by atoms with Gasteiger partial charge in [0.15, 0.2) is 5.82 Å². The second kappa shape index (κ2) is 11.2. The van der Waals surface area contributed by atoms with Crippen molar-refractivity contribution in [1.29, 1.82) is 0 Å². The maximum absolute atomic E-state index is 5.12. The molecule has 4 heteroatoms. The van der Waals surface area contributed by atoms with E-state index < -0.39 is 0 Å². The molecule has 0 fully saturated rings. The normalized spacial score (nSPS) is 11.8. The van der Waals surface area contributed by atoms with Crippen LogP contribution in [0.3, 0.4) is 0 Å². The predicted molar refractivity (Wildman–Crippen MR) is 217 cm³/mol. The molecule has 0 saturated heterocycles. The first-order valence-electron chi connectivity index (χ1n) is 17.7. The Morgan fingerprint density at radius 3 is 1.67 bits per heavy atom. The minimum absolute atomic E-state index is 0.717. The van der Waals surface area contributed by atoms with Crippen LogP contribution in [0.15, 0.2) is 182 Å². The van der Waals surface area contributed by atoms with E-state index in [0.29, 0.717) is 5.82 Å². The van der Waals surface area contributed by atoms with Gasteiger partial charge in [-0.3, -0.25) is 0 Å². The molecule has 0 radical (unpaired) electrons. The molecular weight excluding hydrogens is 633 g/mol. The lowest BCUT2D eigenvalue weighted by Crippen LogP contribution is -1.97. The molecule has 4 nitrogen and oxygen atoms in total. The Bertz CT molecular complexity index is 3160. The monoisotopic (exact) mass is 662 g/mol.